The number of ether oxygens (including phenoxy) is 1. The molecule has 0 amide bonds. The standard InChI is InChI=1S/C25H36O4.ClH.2H2N.Pt/c1-6-7-8-9-12-24(2,3)17-14-20(26)22-18-13-16(23(27)28)10-11-19(18)25(4,5)29-21(22)15-17;;;;/h10,14-15,18-19,26H,6-9,11-13H2,1-5H3,(H,27,28);1H;2*1H2;/q;;2*-1;+1/p-1. The fourth-order valence-corrected chi connectivity index (χ4v) is 5.10. The van der Waals surface area contributed by atoms with Crippen LogP contribution in [0.2, 0.25) is 0 Å². The molecule has 2 unspecified atom stereocenters. The summed E-state index contributed by atoms with van der Waals surface area (Å²) in [5.74, 6) is 0.220. The second-order valence-electron chi connectivity index (χ2n) is 9.99. The molecular weight excluding hydrogens is 623 g/mol. The van der Waals surface area contributed by atoms with E-state index in [9.17, 15) is 15.0 Å². The Labute approximate surface area is 214 Å². The minimum atomic E-state index is -0.862. The van der Waals surface area contributed by atoms with Gasteiger partial charge in [0.1, 0.15) is 17.1 Å². The molecule has 0 saturated heterocycles. The number of nitrogens with two attached hydrogens (primary N) is 2. The molecule has 6 nitrogen and oxygen atoms in total. The van der Waals surface area contributed by atoms with E-state index < -0.39 is 11.6 Å². The molecule has 6 N–H and O–H groups in total. The van der Waals surface area contributed by atoms with Crippen molar-refractivity contribution < 1.29 is 38.5 Å². The van der Waals surface area contributed by atoms with E-state index in [0.29, 0.717) is 18.4 Å². The van der Waals surface area contributed by atoms with Crippen molar-refractivity contribution in [2.24, 2.45) is 5.92 Å². The minimum absolute atomic E-state index is 0. The van der Waals surface area contributed by atoms with Crippen molar-refractivity contribution in [2.75, 3.05) is 0 Å². The van der Waals surface area contributed by atoms with Gasteiger partial charge >= 0.3 is 34.2 Å². The molecule has 1 aliphatic carbocycles. The van der Waals surface area contributed by atoms with Crippen LogP contribution in [0.5, 0.6) is 11.5 Å². The molecule has 0 fully saturated rings. The number of aliphatic carboxylic acids is 1. The van der Waals surface area contributed by atoms with Crippen molar-refractivity contribution in [1.82, 2.24) is 0 Å². The number of carboxylic acid groups (broad SMARTS) is 1. The van der Waals surface area contributed by atoms with E-state index in [1.807, 2.05) is 12.1 Å². The fourth-order valence-electron chi connectivity index (χ4n) is 5.10. The van der Waals surface area contributed by atoms with Crippen molar-refractivity contribution in [3.8, 4) is 11.5 Å². The van der Waals surface area contributed by atoms with Gasteiger partial charge in [-0.25, -0.2) is 4.79 Å². The summed E-state index contributed by atoms with van der Waals surface area (Å²) in [6, 6.07) is 3.97. The largest absolute Gasteiger partial charge is 0.693 e. The zero-order chi connectivity index (χ0) is 23.4. The second kappa shape index (κ2) is 13.1. The predicted molar refractivity (Wildman–Crippen MR) is 132 cm³/mol. The van der Waals surface area contributed by atoms with Crippen LogP contribution in [0, 0.1) is 5.92 Å². The molecule has 1 aromatic carbocycles. The molecule has 1 heterocycles. The van der Waals surface area contributed by atoms with Gasteiger partial charge in [-0.15, -0.1) is 0 Å². The third-order valence-electron chi connectivity index (χ3n) is 7.01. The van der Waals surface area contributed by atoms with Gasteiger partial charge < -0.3 is 27.3 Å². The number of benzene rings is 1. The number of phenolic OH excluding ortho intramolecular Hbond substituents is 1. The third-order valence-corrected chi connectivity index (χ3v) is 7.01. The summed E-state index contributed by atoms with van der Waals surface area (Å²) in [5.41, 5.74) is 1.85. The summed E-state index contributed by atoms with van der Waals surface area (Å²) in [4.78, 5) is 11.6. The number of unbranched alkanes of at least 4 members (excludes halogenated alkanes) is 3. The van der Waals surface area contributed by atoms with Crippen LogP contribution in [-0.4, -0.2) is 21.8 Å². The molecule has 2 aliphatic rings. The Bertz CT molecular complexity index is 827. The van der Waals surface area contributed by atoms with E-state index >= 15 is 0 Å². The van der Waals surface area contributed by atoms with Gasteiger partial charge in [0, 0.05) is 23.0 Å². The van der Waals surface area contributed by atoms with Crippen molar-refractivity contribution in [2.45, 2.75) is 96.5 Å². The number of aromatic hydroxyl groups is 1. The molecule has 1 aliphatic heterocycles. The minimum Gasteiger partial charge on any atom is -0.693 e. The molecule has 2 atom stereocenters. The molecule has 193 valence electrons. The van der Waals surface area contributed by atoms with Crippen molar-refractivity contribution >= 4 is 15.4 Å². The average Bonchev–Trinajstić information content (AvgIpc) is 2.71. The van der Waals surface area contributed by atoms with Crippen LogP contribution in [0.1, 0.15) is 96.6 Å². The Morgan fingerprint density at radius 3 is 2.42 bits per heavy atom. The first-order chi connectivity index (χ1) is 14.6. The summed E-state index contributed by atoms with van der Waals surface area (Å²) >= 11 is 1.61. The van der Waals surface area contributed by atoms with Gasteiger partial charge in [0.25, 0.3) is 0 Å². The Hall–Kier alpha value is -1.07. The molecule has 3 rings (SSSR count). The molecule has 0 aromatic heterocycles. The van der Waals surface area contributed by atoms with E-state index in [1.165, 1.54) is 25.7 Å². The van der Waals surface area contributed by atoms with Gasteiger partial charge in [-0.1, -0.05) is 52.5 Å². The summed E-state index contributed by atoms with van der Waals surface area (Å²) in [6.45, 7) is 10.8. The fraction of sp³-hybridized carbons (Fsp3) is 0.640. The number of halogens is 1. The first-order valence-electron chi connectivity index (χ1n) is 11.2. The van der Waals surface area contributed by atoms with Crippen LogP contribution >= 0.6 is 9.42 Å². The topological polar surface area (TPSA) is 134 Å². The van der Waals surface area contributed by atoms with E-state index in [0.717, 1.165) is 23.3 Å². The Kier molecular flexibility index (Phi) is 12.7. The van der Waals surface area contributed by atoms with Crippen LogP contribution in [-0.2, 0) is 29.0 Å². The number of carbonyl (C=O) groups is 1. The van der Waals surface area contributed by atoms with Crippen LogP contribution in [0.4, 0.5) is 0 Å². The van der Waals surface area contributed by atoms with Crippen LogP contribution < -0.4 is 4.74 Å². The molecule has 1 aromatic rings. The van der Waals surface area contributed by atoms with Gasteiger partial charge in [-0.05, 0) is 56.2 Å². The Morgan fingerprint density at radius 1 is 1.21 bits per heavy atom. The Morgan fingerprint density at radius 2 is 1.85 bits per heavy atom. The van der Waals surface area contributed by atoms with Gasteiger partial charge in [0.15, 0.2) is 0 Å². The molecular formula is C25H40ClN2O4Pt-2. The van der Waals surface area contributed by atoms with Crippen molar-refractivity contribution in [3.05, 3.63) is 47.2 Å². The summed E-state index contributed by atoms with van der Waals surface area (Å²) in [7, 11) is 4.61. The molecule has 0 radical (unpaired) electrons. The SMILES string of the molecule is CCCCCCC(C)(C)c1cc(O)c2c(c1)OC(C)(C)C1CC=C(C(=O)O)CC21.[Cl][Pt].[NH2-].[NH2-]. The maximum absolute atomic E-state index is 11.6. The summed E-state index contributed by atoms with van der Waals surface area (Å²) < 4.78 is 6.41. The van der Waals surface area contributed by atoms with E-state index in [-0.39, 0.29) is 35.3 Å². The number of hydrogen-bond acceptors (Lipinski definition) is 3. The Balaban J connectivity index is 0.00000249. The number of carboxylic acids is 1. The molecule has 8 heteroatoms. The number of rotatable bonds is 7. The number of allylic oxidation sites excluding steroid dienone is 1. The van der Waals surface area contributed by atoms with Crippen LogP contribution in [0.3, 0.4) is 0 Å². The van der Waals surface area contributed by atoms with Crippen molar-refractivity contribution in [1.29, 1.82) is 0 Å². The molecule has 0 spiro atoms. The molecule has 0 saturated carbocycles. The zero-order valence-corrected chi connectivity index (χ0v) is 23.4. The first kappa shape index (κ1) is 31.9. The third kappa shape index (κ3) is 7.21. The number of fused-ring (bicyclic) bond motifs is 3. The predicted octanol–water partition coefficient (Wildman–Crippen LogP) is 8.44. The molecule has 33 heavy (non-hydrogen) atoms. The number of hydrogen-bond donors (Lipinski definition) is 2. The van der Waals surface area contributed by atoms with E-state index in [1.54, 1.807) is 18.8 Å². The quantitative estimate of drug-likeness (QED) is 0.283. The normalized spacial score (nSPS) is 20.3. The first-order valence-corrected chi connectivity index (χ1v) is 14.0. The second-order valence-corrected chi connectivity index (χ2v) is 9.99. The van der Waals surface area contributed by atoms with Gasteiger partial charge in [0.05, 0.1) is 0 Å². The zero-order valence-electron chi connectivity index (χ0n) is 20.4. The van der Waals surface area contributed by atoms with Gasteiger partial charge in [-0.2, -0.15) is 0 Å². The van der Waals surface area contributed by atoms with Gasteiger partial charge in [0.2, 0.25) is 0 Å². The van der Waals surface area contributed by atoms with E-state index in [4.69, 9.17) is 4.74 Å². The number of phenols is 1. The average molecular weight is 663 g/mol. The maximum Gasteiger partial charge on any atom is -0.693 e. The summed E-state index contributed by atoms with van der Waals surface area (Å²) in [5, 5.41) is 20.5. The monoisotopic (exact) mass is 662 g/mol. The molecule has 0 bridgehead atoms. The van der Waals surface area contributed by atoms with E-state index in [2.05, 4.69) is 50.1 Å². The summed E-state index contributed by atoms with van der Waals surface area (Å²) in [6.07, 6.45) is 8.85. The van der Waals surface area contributed by atoms with Crippen LogP contribution in [0.15, 0.2) is 23.8 Å². The van der Waals surface area contributed by atoms with Gasteiger partial charge in [-0.3, -0.25) is 0 Å². The van der Waals surface area contributed by atoms with Crippen LogP contribution in [0.25, 0.3) is 12.3 Å². The maximum atomic E-state index is 11.6. The smallest absolute Gasteiger partial charge is 0.693 e. The van der Waals surface area contributed by atoms with Crippen molar-refractivity contribution in [3.63, 3.8) is 0 Å².